The Morgan fingerprint density at radius 3 is 2.94 bits per heavy atom. The number of amides is 1. The molecule has 4 nitrogen and oxygen atoms in total. The van der Waals surface area contributed by atoms with Gasteiger partial charge >= 0.3 is 0 Å². The van der Waals surface area contributed by atoms with Crippen LogP contribution in [0.15, 0.2) is 6.20 Å². The Labute approximate surface area is 107 Å². The summed E-state index contributed by atoms with van der Waals surface area (Å²) in [6, 6.07) is 0.178. The number of halogens is 1. The van der Waals surface area contributed by atoms with Gasteiger partial charge in [0.15, 0.2) is 0 Å². The first-order valence-corrected chi connectivity index (χ1v) is 6.54. The second-order valence-electron chi connectivity index (χ2n) is 4.57. The molecule has 1 aliphatic heterocycles. The maximum absolute atomic E-state index is 12.4. The number of aromatic nitrogens is 2. The van der Waals surface area contributed by atoms with Gasteiger partial charge < -0.3 is 4.90 Å². The van der Waals surface area contributed by atoms with Crippen molar-refractivity contribution in [2.24, 2.45) is 7.05 Å². The minimum atomic E-state index is 0.0703. The number of nitrogens with zero attached hydrogens (tertiary/aromatic N) is 3. The Bertz CT molecular complexity index is 416. The molecule has 1 aromatic rings. The van der Waals surface area contributed by atoms with Crippen molar-refractivity contribution in [1.29, 1.82) is 0 Å². The predicted molar refractivity (Wildman–Crippen MR) is 67.3 cm³/mol. The molecule has 1 aliphatic rings. The van der Waals surface area contributed by atoms with Crippen molar-refractivity contribution in [3.63, 3.8) is 0 Å². The van der Waals surface area contributed by atoms with Gasteiger partial charge in [-0.05, 0) is 26.2 Å². The molecule has 0 N–H and O–H groups in total. The Morgan fingerprint density at radius 1 is 1.59 bits per heavy atom. The molecular formula is C12H18ClN3O. The summed E-state index contributed by atoms with van der Waals surface area (Å²) in [6.45, 7) is 2.73. The molecule has 0 bridgehead atoms. The lowest BCUT2D eigenvalue weighted by Crippen LogP contribution is -2.44. The number of hydrogen-bond donors (Lipinski definition) is 0. The maximum Gasteiger partial charge on any atom is 0.257 e. The molecule has 0 radical (unpaired) electrons. The van der Waals surface area contributed by atoms with Gasteiger partial charge in [-0.25, -0.2) is 0 Å². The molecule has 1 aromatic heterocycles. The first kappa shape index (κ1) is 12.4. The van der Waals surface area contributed by atoms with Crippen LogP contribution in [-0.2, 0) is 7.05 Å². The zero-order valence-corrected chi connectivity index (χ0v) is 11.1. The molecule has 94 valence electrons. The van der Waals surface area contributed by atoms with Crippen LogP contribution in [0.2, 0.25) is 0 Å². The average Bonchev–Trinajstić information content (AvgIpc) is 2.69. The standard InChI is InChI=1S/C12H18ClN3O/c1-9-11(8-14-15(9)2)12(17)16-6-4-3-5-10(16)7-13/h8,10H,3-7H2,1-2H3. The van der Waals surface area contributed by atoms with Crippen molar-refractivity contribution < 1.29 is 4.79 Å². The summed E-state index contributed by atoms with van der Waals surface area (Å²) in [4.78, 5) is 14.3. The third kappa shape index (κ3) is 2.32. The van der Waals surface area contributed by atoms with Gasteiger partial charge in [0.2, 0.25) is 0 Å². The number of carbonyl (C=O) groups is 1. The van der Waals surface area contributed by atoms with Crippen LogP contribution < -0.4 is 0 Å². The molecule has 5 heteroatoms. The highest BCUT2D eigenvalue weighted by Crippen LogP contribution is 2.21. The quantitative estimate of drug-likeness (QED) is 0.758. The van der Waals surface area contributed by atoms with E-state index in [0.717, 1.165) is 31.5 Å². The summed E-state index contributed by atoms with van der Waals surface area (Å²) >= 11 is 5.94. The van der Waals surface area contributed by atoms with E-state index in [0.29, 0.717) is 11.4 Å². The Kier molecular flexibility index (Phi) is 3.72. The number of alkyl halides is 1. The topological polar surface area (TPSA) is 38.1 Å². The van der Waals surface area contributed by atoms with E-state index in [2.05, 4.69) is 5.10 Å². The van der Waals surface area contributed by atoms with Gasteiger partial charge in [-0.2, -0.15) is 5.10 Å². The first-order chi connectivity index (χ1) is 8.15. The Balaban J connectivity index is 2.21. The minimum absolute atomic E-state index is 0.0703. The number of carbonyl (C=O) groups excluding carboxylic acids is 1. The summed E-state index contributed by atoms with van der Waals surface area (Å²) in [5, 5.41) is 4.12. The zero-order chi connectivity index (χ0) is 12.4. The molecule has 0 saturated carbocycles. The van der Waals surface area contributed by atoms with Gasteiger partial charge in [0, 0.05) is 31.2 Å². The molecule has 1 atom stereocenters. The van der Waals surface area contributed by atoms with Crippen LogP contribution in [-0.4, -0.2) is 39.1 Å². The van der Waals surface area contributed by atoms with E-state index in [-0.39, 0.29) is 11.9 Å². The third-order valence-electron chi connectivity index (χ3n) is 3.53. The van der Waals surface area contributed by atoms with E-state index in [9.17, 15) is 4.79 Å². The Hall–Kier alpha value is -1.03. The van der Waals surface area contributed by atoms with Crippen molar-refractivity contribution in [2.75, 3.05) is 12.4 Å². The highest BCUT2D eigenvalue weighted by Gasteiger charge is 2.28. The predicted octanol–water partition coefficient (Wildman–Crippen LogP) is 1.96. The molecule has 1 saturated heterocycles. The highest BCUT2D eigenvalue weighted by atomic mass is 35.5. The molecule has 1 fully saturated rings. The monoisotopic (exact) mass is 255 g/mol. The number of likely N-dealkylation sites (tertiary alicyclic amines) is 1. The summed E-state index contributed by atoms with van der Waals surface area (Å²) in [5.41, 5.74) is 1.61. The SMILES string of the molecule is Cc1c(C(=O)N2CCCCC2CCl)cnn1C. The second-order valence-corrected chi connectivity index (χ2v) is 4.88. The lowest BCUT2D eigenvalue weighted by atomic mass is 10.0. The lowest BCUT2D eigenvalue weighted by Gasteiger charge is -2.34. The van der Waals surface area contributed by atoms with Gasteiger partial charge in [0.05, 0.1) is 11.8 Å². The van der Waals surface area contributed by atoms with E-state index in [1.807, 2.05) is 18.9 Å². The first-order valence-electron chi connectivity index (χ1n) is 6.00. The van der Waals surface area contributed by atoms with Crippen molar-refractivity contribution in [2.45, 2.75) is 32.2 Å². The number of aryl methyl sites for hydroxylation is 1. The smallest absolute Gasteiger partial charge is 0.257 e. The van der Waals surface area contributed by atoms with Crippen LogP contribution in [0.3, 0.4) is 0 Å². The normalized spacial score (nSPS) is 20.6. The third-order valence-corrected chi connectivity index (χ3v) is 3.89. The number of rotatable bonds is 2. The lowest BCUT2D eigenvalue weighted by molar-refractivity contribution is 0.0638. The van der Waals surface area contributed by atoms with Gasteiger partial charge in [0.25, 0.3) is 5.91 Å². The molecule has 2 rings (SSSR count). The van der Waals surface area contributed by atoms with Crippen LogP contribution in [0.5, 0.6) is 0 Å². The molecule has 0 spiro atoms. The van der Waals surface area contributed by atoms with Crippen molar-refractivity contribution in [3.8, 4) is 0 Å². The largest absolute Gasteiger partial charge is 0.334 e. The van der Waals surface area contributed by atoms with Crippen LogP contribution in [0, 0.1) is 6.92 Å². The summed E-state index contributed by atoms with van der Waals surface area (Å²) < 4.78 is 1.73. The van der Waals surface area contributed by atoms with Crippen LogP contribution in [0.4, 0.5) is 0 Å². The van der Waals surface area contributed by atoms with Crippen LogP contribution in [0.25, 0.3) is 0 Å². The molecule has 0 aromatic carbocycles. The van der Waals surface area contributed by atoms with E-state index >= 15 is 0 Å². The fraction of sp³-hybridized carbons (Fsp3) is 0.667. The van der Waals surface area contributed by atoms with Gasteiger partial charge in [-0.3, -0.25) is 9.48 Å². The zero-order valence-electron chi connectivity index (χ0n) is 10.3. The summed E-state index contributed by atoms with van der Waals surface area (Å²) in [5.74, 6) is 0.589. The minimum Gasteiger partial charge on any atom is -0.334 e. The van der Waals surface area contributed by atoms with Crippen molar-refractivity contribution in [3.05, 3.63) is 17.5 Å². The molecule has 1 amide bonds. The van der Waals surface area contributed by atoms with Crippen molar-refractivity contribution >= 4 is 17.5 Å². The van der Waals surface area contributed by atoms with E-state index in [1.165, 1.54) is 0 Å². The van der Waals surface area contributed by atoms with Gasteiger partial charge in [-0.15, -0.1) is 11.6 Å². The fourth-order valence-electron chi connectivity index (χ4n) is 2.29. The molecule has 0 aliphatic carbocycles. The number of hydrogen-bond acceptors (Lipinski definition) is 2. The summed E-state index contributed by atoms with van der Waals surface area (Å²) in [6.07, 6.45) is 4.89. The van der Waals surface area contributed by atoms with Gasteiger partial charge in [0.1, 0.15) is 0 Å². The second kappa shape index (κ2) is 5.08. The van der Waals surface area contributed by atoms with E-state index in [4.69, 9.17) is 11.6 Å². The van der Waals surface area contributed by atoms with E-state index in [1.54, 1.807) is 10.9 Å². The molecule has 17 heavy (non-hydrogen) atoms. The molecular weight excluding hydrogens is 238 g/mol. The van der Waals surface area contributed by atoms with Gasteiger partial charge in [-0.1, -0.05) is 0 Å². The van der Waals surface area contributed by atoms with E-state index < -0.39 is 0 Å². The van der Waals surface area contributed by atoms with Crippen LogP contribution >= 0.6 is 11.6 Å². The maximum atomic E-state index is 12.4. The van der Waals surface area contributed by atoms with Crippen molar-refractivity contribution in [1.82, 2.24) is 14.7 Å². The average molecular weight is 256 g/mol. The Morgan fingerprint density at radius 2 is 2.35 bits per heavy atom. The number of piperidine rings is 1. The highest BCUT2D eigenvalue weighted by molar-refractivity contribution is 6.18. The molecule has 2 heterocycles. The van der Waals surface area contributed by atoms with Crippen LogP contribution in [0.1, 0.15) is 35.3 Å². The summed E-state index contributed by atoms with van der Waals surface area (Å²) in [7, 11) is 1.85. The fourth-order valence-corrected chi connectivity index (χ4v) is 2.61. The molecule has 1 unspecified atom stereocenters.